The van der Waals surface area contributed by atoms with E-state index in [0.717, 1.165) is 31.4 Å². The average molecular weight is 211 g/mol. The lowest BCUT2D eigenvalue weighted by Gasteiger charge is -2.13. The van der Waals surface area contributed by atoms with E-state index < -0.39 is 6.09 Å². The molecular weight excluding hydrogens is 194 g/mol. The van der Waals surface area contributed by atoms with Crippen molar-refractivity contribution in [3.63, 3.8) is 0 Å². The number of nitrogens with zero attached hydrogens (tertiary/aromatic N) is 1. The molecule has 1 unspecified atom stereocenters. The van der Waals surface area contributed by atoms with Gasteiger partial charge in [0.25, 0.3) is 0 Å². The quantitative estimate of drug-likeness (QED) is 0.671. The fourth-order valence-electron chi connectivity index (χ4n) is 1.51. The Balaban J connectivity index is 2.20. The molecule has 5 heteroatoms. The molecule has 1 amide bonds. The molecule has 1 atom stereocenters. The molecular formula is C10H17N3O2. The minimum absolute atomic E-state index is 0.0606. The van der Waals surface area contributed by atoms with Crippen molar-refractivity contribution in [2.75, 3.05) is 0 Å². The van der Waals surface area contributed by atoms with E-state index in [0.29, 0.717) is 0 Å². The second kappa shape index (κ2) is 6.06. The van der Waals surface area contributed by atoms with Crippen LogP contribution in [0.15, 0.2) is 12.5 Å². The largest absolute Gasteiger partial charge is 0.465 e. The summed E-state index contributed by atoms with van der Waals surface area (Å²) in [6.07, 6.45) is 6.08. The molecule has 5 nitrogen and oxygen atoms in total. The summed E-state index contributed by atoms with van der Waals surface area (Å²) in [6, 6.07) is 0.0606. The van der Waals surface area contributed by atoms with E-state index in [9.17, 15) is 4.79 Å². The van der Waals surface area contributed by atoms with Gasteiger partial charge in [0.15, 0.2) is 0 Å². The Bertz CT molecular complexity index is 285. The summed E-state index contributed by atoms with van der Waals surface area (Å²) >= 11 is 0. The Hall–Kier alpha value is -1.52. The third kappa shape index (κ3) is 4.49. The van der Waals surface area contributed by atoms with E-state index in [1.165, 1.54) is 0 Å². The molecule has 0 fully saturated rings. The second-order valence-electron chi connectivity index (χ2n) is 3.52. The molecule has 0 aliphatic heterocycles. The van der Waals surface area contributed by atoms with Crippen LogP contribution < -0.4 is 5.32 Å². The van der Waals surface area contributed by atoms with Gasteiger partial charge in [-0.05, 0) is 25.7 Å². The van der Waals surface area contributed by atoms with Crippen LogP contribution in [-0.4, -0.2) is 27.2 Å². The van der Waals surface area contributed by atoms with E-state index in [4.69, 9.17) is 5.11 Å². The van der Waals surface area contributed by atoms with Crippen LogP contribution in [0.2, 0.25) is 0 Å². The highest BCUT2D eigenvalue weighted by atomic mass is 16.4. The lowest BCUT2D eigenvalue weighted by Crippen LogP contribution is -2.33. The zero-order valence-electron chi connectivity index (χ0n) is 8.86. The first kappa shape index (κ1) is 11.6. The van der Waals surface area contributed by atoms with E-state index >= 15 is 0 Å². The van der Waals surface area contributed by atoms with Crippen LogP contribution in [0.25, 0.3) is 0 Å². The van der Waals surface area contributed by atoms with Crippen molar-refractivity contribution in [1.82, 2.24) is 15.3 Å². The Labute approximate surface area is 88.9 Å². The van der Waals surface area contributed by atoms with Crippen LogP contribution in [0.4, 0.5) is 4.79 Å². The van der Waals surface area contributed by atoms with E-state index in [1.54, 1.807) is 12.5 Å². The summed E-state index contributed by atoms with van der Waals surface area (Å²) in [5, 5.41) is 11.1. The summed E-state index contributed by atoms with van der Waals surface area (Å²) in [7, 11) is 0. The van der Waals surface area contributed by atoms with Crippen molar-refractivity contribution in [2.45, 2.75) is 38.6 Å². The van der Waals surface area contributed by atoms with Crippen LogP contribution in [0, 0.1) is 0 Å². The molecule has 0 bridgehead atoms. The fraction of sp³-hybridized carbons (Fsp3) is 0.600. The molecule has 1 aromatic rings. The molecule has 84 valence electrons. The maximum absolute atomic E-state index is 10.4. The molecule has 1 rings (SSSR count). The number of H-pyrrole nitrogens is 1. The maximum Gasteiger partial charge on any atom is 0.404 e. The number of aryl methyl sites for hydroxylation is 1. The molecule has 0 aliphatic carbocycles. The molecule has 0 saturated heterocycles. The first-order valence-electron chi connectivity index (χ1n) is 5.19. The van der Waals surface area contributed by atoms with Gasteiger partial charge in [0.2, 0.25) is 0 Å². The molecule has 0 spiro atoms. The molecule has 15 heavy (non-hydrogen) atoms. The number of rotatable bonds is 6. The van der Waals surface area contributed by atoms with Gasteiger partial charge in [-0.1, -0.05) is 6.92 Å². The number of imidazole rings is 1. The number of hydrogen-bond donors (Lipinski definition) is 3. The van der Waals surface area contributed by atoms with Crippen molar-refractivity contribution in [2.24, 2.45) is 0 Å². The standard InChI is InChI=1S/C10H17N3O2/c1-2-8(13-10(14)15)4-3-5-9-6-11-7-12-9/h6-8,13H,2-5H2,1H3,(H,11,12)(H,14,15). The van der Waals surface area contributed by atoms with Crippen molar-refractivity contribution < 1.29 is 9.90 Å². The number of aromatic nitrogens is 2. The highest BCUT2D eigenvalue weighted by molar-refractivity contribution is 5.64. The lowest BCUT2D eigenvalue weighted by molar-refractivity contribution is 0.188. The molecule has 3 N–H and O–H groups in total. The predicted molar refractivity (Wildman–Crippen MR) is 56.8 cm³/mol. The van der Waals surface area contributed by atoms with Gasteiger partial charge in [-0.25, -0.2) is 9.78 Å². The SMILES string of the molecule is CCC(CCCc1cnc[nH]1)NC(=O)O. The monoisotopic (exact) mass is 211 g/mol. The summed E-state index contributed by atoms with van der Waals surface area (Å²) in [5.74, 6) is 0. The lowest BCUT2D eigenvalue weighted by atomic mass is 10.1. The molecule has 0 aliphatic rings. The maximum atomic E-state index is 10.4. The van der Waals surface area contributed by atoms with Crippen molar-refractivity contribution in [3.8, 4) is 0 Å². The Kier molecular flexibility index (Phi) is 4.66. The Morgan fingerprint density at radius 1 is 1.73 bits per heavy atom. The van der Waals surface area contributed by atoms with Gasteiger partial charge in [-0.3, -0.25) is 0 Å². The zero-order chi connectivity index (χ0) is 11.1. The molecule has 1 aromatic heterocycles. The van der Waals surface area contributed by atoms with Crippen LogP contribution in [0.1, 0.15) is 31.9 Å². The first-order chi connectivity index (χ1) is 7.22. The highest BCUT2D eigenvalue weighted by Crippen LogP contribution is 2.06. The summed E-state index contributed by atoms with van der Waals surface area (Å²) in [6.45, 7) is 1.98. The van der Waals surface area contributed by atoms with Gasteiger partial charge < -0.3 is 15.4 Å². The van der Waals surface area contributed by atoms with Gasteiger partial charge in [0.05, 0.1) is 6.33 Å². The Morgan fingerprint density at radius 3 is 3.07 bits per heavy atom. The molecule has 0 radical (unpaired) electrons. The van der Waals surface area contributed by atoms with Crippen molar-refractivity contribution in [1.29, 1.82) is 0 Å². The van der Waals surface area contributed by atoms with Gasteiger partial charge >= 0.3 is 6.09 Å². The molecule has 1 heterocycles. The topological polar surface area (TPSA) is 78.0 Å². The van der Waals surface area contributed by atoms with Crippen molar-refractivity contribution in [3.05, 3.63) is 18.2 Å². The Morgan fingerprint density at radius 2 is 2.53 bits per heavy atom. The van der Waals surface area contributed by atoms with Gasteiger partial charge in [-0.2, -0.15) is 0 Å². The molecule has 0 saturated carbocycles. The zero-order valence-corrected chi connectivity index (χ0v) is 8.86. The normalized spacial score (nSPS) is 12.3. The van der Waals surface area contributed by atoms with E-state index in [1.807, 2.05) is 6.92 Å². The van der Waals surface area contributed by atoms with E-state index in [-0.39, 0.29) is 6.04 Å². The number of nitrogens with one attached hydrogen (secondary N) is 2. The average Bonchev–Trinajstić information content (AvgIpc) is 2.68. The van der Waals surface area contributed by atoms with E-state index in [2.05, 4.69) is 15.3 Å². The minimum atomic E-state index is -0.941. The molecule has 0 aromatic carbocycles. The number of hydrogen-bond acceptors (Lipinski definition) is 2. The second-order valence-corrected chi connectivity index (χ2v) is 3.52. The summed E-state index contributed by atoms with van der Waals surface area (Å²) in [4.78, 5) is 17.4. The first-order valence-corrected chi connectivity index (χ1v) is 5.19. The van der Waals surface area contributed by atoms with Gasteiger partial charge in [0, 0.05) is 17.9 Å². The van der Waals surface area contributed by atoms with Crippen molar-refractivity contribution >= 4 is 6.09 Å². The number of carboxylic acid groups (broad SMARTS) is 1. The number of aromatic amines is 1. The fourth-order valence-corrected chi connectivity index (χ4v) is 1.51. The number of carbonyl (C=O) groups is 1. The minimum Gasteiger partial charge on any atom is -0.465 e. The summed E-state index contributed by atoms with van der Waals surface area (Å²) < 4.78 is 0. The summed E-state index contributed by atoms with van der Waals surface area (Å²) in [5.41, 5.74) is 1.10. The number of amides is 1. The third-order valence-electron chi connectivity index (χ3n) is 2.37. The van der Waals surface area contributed by atoms with Crippen LogP contribution >= 0.6 is 0 Å². The smallest absolute Gasteiger partial charge is 0.404 e. The van der Waals surface area contributed by atoms with Crippen LogP contribution in [0.3, 0.4) is 0 Å². The predicted octanol–water partition coefficient (Wildman–Crippen LogP) is 1.78. The van der Waals surface area contributed by atoms with Crippen LogP contribution in [-0.2, 0) is 6.42 Å². The highest BCUT2D eigenvalue weighted by Gasteiger charge is 2.08. The van der Waals surface area contributed by atoms with Crippen LogP contribution in [0.5, 0.6) is 0 Å². The van der Waals surface area contributed by atoms with Gasteiger partial charge in [-0.15, -0.1) is 0 Å². The third-order valence-corrected chi connectivity index (χ3v) is 2.37. The van der Waals surface area contributed by atoms with Gasteiger partial charge in [0.1, 0.15) is 0 Å².